The largest absolute Gasteiger partial charge is 0.494 e. The molecule has 0 unspecified atom stereocenters. The van der Waals surface area contributed by atoms with Crippen molar-refractivity contribution >= 4 is 64.4 Å². The van der Waals surface area contributed by atoms with Crippen LogP contribution in [0.4, 0.5) is 22.7 Å². The zero-order valence-electron chi connectivity index (χ0n) is 35.7. The highest BCUT2D eigenvalue weighted by atomic mass is 32.2. The molecular formula is C46H46N4O12S3. The second-order valence-corrected chi connectivity index (χ2v) is 19.9. The minimum absolute atomic E-state index is 0.0301. The lowest BCUT2D eigenvalue weighted by Crippen LogP contribution is -2.26. The van der Waals surface area contributed by atoms with Crippen molar-refractivity contribution < 1.29 is 53.8 Å². The van der Waals surface area contributed by atoms with Gasteiger partial charge in [0.1, 0.15) is 23.0 Å². The first kappa shape index (κ1) is 47.4. The van der Waals surface area contributed by atoms with Gasteiger partial charge in [0, 0.05) is 25.5 Å². The van der Waals surface area contributed by atoms with Crippen LogP contribution >= 0.6 is 0 Å². The van der Waals surface area contributed by atoms with Crippen molar-refractivity contribution in [2.75, 3.05) is 59.8 Å². The predicted molar refractivity (Wildman–Crippen MR) is 246 cm³/mol. The van der Waals surface area contributed by atoms with Crippen molar-refractivity contribution in [3.8, 4) is 23.0 Å². The quantitative estimate of drug-likeness (QED) is 0.0794. The molecule has 0 radical (unpaired) electrons. The molecule has 6 rings (SSSR count). The zero-order chi connectivity index (χ0) is 46.8. The summed E-state index contributed by atoms with van der Waals surface area (Å²) in [6.07, 6.45) is 0. The second kappa shape index (κ2) is 20.6. The van der Waals surface area contributed by atoms with Gasteiger partial charge in [0.2, 0.25) is 9.84 Å². The van der Waals surface area contributed by atoms with Gasteiger partial charge in [-0.3, -0.25) is 18.2 Å². The third kappa shape index (κ3) is 11.7. The predicted octanol–water partition coefficient (Wildman–Crippen LogP) is 7.00. The maximum absolute atomic E-state index is 13.4. The van der Waals surface area contributed by atoms with Gasteiger partial charge in [-0.05, 0) is 159 Å². The van der Waals surface area contributed by atoms with Crippen LogP contribution in [0.5, 0.6) is 23.0 Å². The number of amides is 2. The summed E-state index contributed by atoms with van der Waals surface area (Å²) < 4.78 is 103. The molecule has 0 aliphatic rings. The second-order valence-electron chi connectivity index (χ2n) is 14.0. The number of nitrogens with one attached hydrogen (secondary N) is 2. The van der Waals surface area contributed by atoms with Gasteiger partial charge in [0.05, 0.1) is 44.2 Å². The van der Waals surface area contributed by atoms with Gasteiger partial charge < -0.3 is 29.6 Å². The minimum Gasteiger partial charge on any atom is -0.494 e. The fraction of sp³-hybridized carbons (Fsp3) is 0.174. The molecule has 0 bridgehead atoms. The third-order valence-electron chi connectivity index (χ3n) is 9.62. The van der Waals surface area contributed by atoms with E-state index in [2.05, 4.69) is 10.6 Å². The summed E-state index contributed by atoms with van der Waals surface area (Å²) in [6, 6.07) is 35.7. The summed E-state index contributed by atoms with van der Waals surface area (Å²) >= 11 is 0. The van der Waals surface area contributed by atoms with E-state index in [9.17, 15) is 34.8 Å². The summed E-state index contributed by atoms with van der Waals surface area (Å²) in [4.78, 5) is 25.4. The monoisotopic (exact) mass is 942 g/mol. The van der Waals surface area contributed by atoms with E-state index in [4.69, 9.17) is 18.9 Å². The number of sulfone groups is 1. The van der Waals surface area contributed by atoms with E-state index in [1.807, 2.05) is 13.8 Å². The SMILES string of the molecule is CCOc1ccc(S(=O)(=O)N(C)c2ccc(OCC(=O)Nc3ccc(S(=O)(=O)c4ccc(NC(=O)COc5ccc(N(C)S(=O)(=O)c6ccc(OCC)cc6)cc5)cc4)cc3)cc2)cc1. The van der Waals surface area contributed by atoms with Gasteiger partial charge in [0.25, 0.3) is 31.9 Å². The first-order chi connectivity index (χ1) is 31.0. The van der Waals surface area contributed by atoms with Crippen LogP contribution < -0.4 is 38.2 Å². The first-order valence-corrected chi connectivity index (χ1v) is 24.3. The number of sulfonamides is 2. The smallest absolute Gasteiger partial charge is 0.264 e. The first-order valence-electron chi connectivity index (χ1n) is 20.0. The lowest BCUT2D eigenvalue weighted by Gasteiger charge is -2.20. The number of nitrogens with zero attached hydrogens (tertiary/aromatic N) is 2. The van der Waals surface area contributed by atoms with Crippen LogP contribution in [-0.2, 0) is 39.5 Å². The standard InChI is InChI=1S/C46H46N4O12S3/c1-5-59-37-19-27-43(28-20-37)64(55,56)49(3)35-11-15-39(16-12-35)61-31-45(51)47-33-7-23-41(24-8-33)63(53,54)42-25-9-34(10-26-42)48-46(52)32-62-40-17-13-36(14-18-40)50(4)65(57,58)44-29-21-38(22-30-44)60-6-2/h7-30H,5-6,31-32H2,1-4H3,(H,47,51)(H,48,52). The van der Waals surface area contributed by atoms with Gasteiger partial charge in [-0.1, -0.05) is 0 Å². The normalized spacial score (nSPS) is 11.5. The Balaban J connectivity index is 0.950. The Morgan fingerprint density at radius 2 is 0.692 bits per heavy atom. The summed E-state index contributed by atoms with van der Waals surface area (Å²) in [5, 5.41) is 5.29. The van der Waals surface area contributed by atoms with Crippen molar-refractivity contribution in [2.45, 2.75) is 33.4 Å². The minimum atomic E-state index is -3.97. The van der Waals surface area contributed by atoms with E-state index in [0.717, 1.165) is 8.61 Å². The third-order valence-corrected chi connectivity index (χ3v) is 15.0. The van der Waals surface area contributed by atoms with E-state index >= 15 is 0 Å². The average molecular weight is 943 g/mol. The summed E-state index contributed by atoms with van der Waals surface area (Å²) in [7, 11) is -8.80. The number of carbonyl (C=O) groups is 2. The van der Waals surface area contributed by atoms with Crippen molar-refractivity contribution in [3.05, 3.63) is 146 Å². The Hall–Kier alpha value is -7.09. The van der Waals surface area contributed by atoms with Crippen molar-refractivity contribution in [3.63, 3.8) is 0 Å². The molecule has 0 heterocycles. The molecule has 0 saturated carbocycles. The Bertz CT molecular complexity index is 2720. The molecule has 0 spiro atoms. The Labute approximate surface area is 378 Å². The molecule has 0 atom stereocenters. The molecule has 2 amide bonds. The number of hydrogen-bond acceptors (Lipinski definition) is 12. The molecule has 0 fully saturated rings. The molecule has 6 aromatic rings. The molecular weight excluding hydrogens is 897 g/mol. The molecule has 0 saturated heterocycles. The summed E-state index contributed by atoms with van der Waals surface area (Å²) in [5.41, 5.74) is 1.40. The maximum Gasteiger partial charge on any atom is 0.264 e. The van der Waals surface area contributed by atoms with E-state index in [0.29, 0.717) is 59.0 Å². The van der Waals surface area contributed by atoms with Crippen LogP contribution in [0.1, 0.15) is 13.8 Å². The van der Waals surface area contributed by atoms with Crippen molar-refractivity contribution in [1.29, 1.82) is 0 Å². The molecule has 0 aliphatic heterocycles. The highest BCUT2D eigenvalue weighted by Gasteiger charge is 2.23. The van der Waals surface area contributed by atoms with Crippen LogP contribution in [0, 0.1) is 0 Å². The van der Waals surface area contributed by atoms with Gasteiger partial charge >= 0.3 is 0 Å². The molecule has 2 N–H and O–H groups in total. The number of benzene rings is 6. The van der Waals surface area contributed by atoms with Crippen LogP contribution in [0.15, 0.2) is 165 Å². The maximum atomic E-state index is 13.4. The highest BCUT2D eigenvalue weighted by Crippen LogP contribution is 2.28. The molecule has 340 valence electrons. The molecule has 65 heavy (non-hydrogen) atoms. The molecule has 0 aromatic heterocycles. The summed E-state index contributed by atoms with van der Waals surface area (Å²) in [5.74, 6) is 0.733. The van der Waals surface area contributed by atoms with E-state index in [1.165, 1.54) is 111 Å². The van der Waals surface area contributed by atoms with E-state index in [1.54, 1.807) is 48.5 Å². The van der Waals surface area contributed by atoms with Gasteiger partial charge in [-0.2, -0.15) is 0 Å². The van der Waals surface area contributed by atoms with Crippen molar-refractivity contribution in [1.82, 2.24) is 0 Å². The Kier molecular flexibility index (Phi) is 15.0. The number of hydrogen-bond donors (Lipinski definition) is 2. The molecule has 16 nitrogen and oxygen atoms in total. The Morgan fingerprint density at radius 1 is 0.415 bits per heavy atom. The number of rotatable bonds is 20. The van der Waals surface area contributed by atoms with Gasteiger partial charge in [-0.15, -0.1) is 0 Å². The van der Waals surface area contributed by atoms with Crippen LogP contribution in [0.25, 0.3) is 0 Å². The molecule has 6 aromatic carbocycles. The number of carbonyl (C=O) groups excluding carboxylic acids is 2. The Morgan fingerprint density at radius 3 is 1.00 bits per heavy atom. The fourth-order valence-electron chi connectivity index (χ4n) is 6.11. The van der Waals surface area contributed by atoms with Crippen molar-refractivity contribution in [2.24, 2.45) is 0 Å². The van der Waals surface area contributed by atoms with Crippen LogP contribution in [0.2, 0.25) is 0 Å². The topological polar surface area (TPSA) is 204 Å². The lowest BCUT2D eigenvalue weighted by atomic mass is 10.3. The van der Waals surface area contributed by atoms with Crippen LogP contribution in [0.3, 0.4) is 0 Å². The van der Waals surface area contributed by atoms with E-state index < -0.39 is 41.7 Å². The highest BCUT2D eigenvalue weighted by molar-refractivity contribution is 7.93. The average Bonchev–Trinajstić information content (AvgIpc) is 3.31. The number of anilines is 4. The van der Waals surface area contributed by atoms with Gasteiger partial charge in [-0.25, -0.2) is 25.3 Å². The van der Waals surface area contributed by atoms with E-state index in [-0.39, 0.29) is 32.8 Å². The lowest BCUT2D eigenvalue weighted by molar-refractivity contribution is -0.118. The molecule has 0 aliphatic carbocycles. The fourth-order valence-corrected chi connectivity index (χ4v) is 9.76. The molecule has 19 heteroatoms. The van der Waals surface area contributed by atoms with Gasteiger partial charge in [0.15, 0.2) is 13.2 Å². The summed E-state index contributed by atoms with van der Waals surface area (Å²) in [6.45, 7) is 3.84. The van der Waals surface area contributed by atoms with Crippen LogP contribution in [-0.4, -0.2) is 77.6 Å². The number of ether oxygens (including phenoxy) is 4. The zero-order valence-corrected chi connectivity index (χ0v) is 38.2.